The third kappa shape index (κ3) is 5.20. The Morgan fingerprint density at radius 1 is 0.963 bits per heavy atom. The van der Waals surface area contributed by atoms with Crippen LogP contribution in [0, 0.1) is 0 Å². The van der Waals surface area contributed by atoms with Gasteiger partial charge in [-0.25, -0.2) is 4.98 Å². The van der Waals surface area contributed by atoms with Crippen LogP contribution in [0.1, 0.15) is 25.0 Å². The van der Waals surface area contributed by atoms with Gasteiger partial charge in [0.05, 0.1) is 7.11 Å². The van der Waals surface area contributed by atoms with E-state index in [1.54, 1.807) is 13.3 Å². The van der Waals surface area contributed by atoms with E-state index >= 15 is 0 Å². The van der Waals surface area contributed by atoms with E-state index in [9.17, 15) is 0 Å². The summed E-state index contributed by atoms with van der Waals surface area (Å²) in [4.78, 5) is 11.4. The average Bonchev–Trinajstić information content (AvgIpc) is 2.71. The molecule has 1 aromatic heterocycles. The minimum Gasteiger partial charge on any atom is -0.497 e. The van der Waals surface area contributed by atoms with E-state index in [-0.39, 0.29) is 0 Å². The zero-order valence-electron chi connectivity index (χ0n) is 16.1. The van der Waals surface area contributed by atoms with Crippen molar-refractivity contribution in [1.29, 1.82) is 0 Å². The van der Waals surface area contributed by atoms with Gasteiger partial charge in [0.15, 0.2) is 0 Å². The molecule has 27 heavy (non-hydrogen) atoms. The van der Waals surface area contributed by atoms with Crippen LogP contribution in [0.5, 0.6) is 5.75 Å². The first-order chi connectivity index (χ1) is 13.2. The van der Waals surface area contributed by atoms with Crippen molar-refractivity contribution in [1.82, 2.24) is 9.97 Å². The van der Waals surface area contributed by atoms with Gasteiger partial charge in [0.1, 0.15) is 11.6 Å². The second kappa shape index (κ2) is 9.03. The summed E-state index contributed by atoms with van der Waals surface area (Å²) in [5.41, 5.74) is 2.41. The Balaban J connectivity index is 1.70. The molecule has 5 nitrogen and oxygen atoms in total. The van der Waals surface area contributed by atoms with Crippen molar-refractivity contribution in [2.75, 3.05) is 17.3 Å². The minimum absolute atomic E-state index is 0.328. The molecule has 0 bridgehead atoms. The van der Waals surface area contributed by atoms with Crippen LogP contribution in [0.25, 0.3) is 0 Å². The highest BCUT2D eigenvalue weighted by molar-refractivity contribution is 5.44. The van der Waals surface area contributed by atoms with E-state index in [1.807, 2.05) is 36.4 Å². The number of nitrogens with zero attached hydrogens (tertiary/aromatic N) is 3. The van der Waals surface area contributed by atoms with Gasteiger partial charge >= 0.3 is 0 Å². The number of methoxy groups -OCH3 is 1. The first kappa shape index (κ1) is 18.7. The number of nitrogens with one attached hydrogen (secondary N) is 1. The van der Waals surface area contributed by atoms with Crippen molar-refractivity contribution in [3.8, 4) is 5.75 Å². The van der Waals surface area contributed by atoms with Gasteiger partial charge in [0.2, 0.25) is 5.95 Å². The van der Waals surface area contributed by atoms with Gasteiger partial charge in [-0.15, -0.1) is 0 Å². The predicted octanol–water partition coefficient (Wildman–Crippen LogP) is 4.51. The van der Waals surface area contributed by atoms with Crippen LogP contribution in [0.15, 0.2) is 66.9 Å². The molecule has 5 heteroatoms. The van der Waals surface area contributed by atoms with Gasteiger partial charge in [-0.1, -0.05) is 42.5 Å². The molecular formula is C22H26N4O. The predicted molar refractivity (Wildman–Crippen MR) is 110 cm³/mol. The highest BCUT2D eigenvalue weighted by Gasteiger charge is 2.13. The first-order valence-corrected chi connectivity index (χ1v) is 9.16. The zero-order valence-corrected chi connectivity index (χ0v) is 16.1. The van der Waals surface area contributed by atoms with Crippen molar-refractivity contribution in [2.24, 2.45) is 0 Å². The third-order valence-corrected chi connectivity index (χ3v) is 4.36. The van der Waals surface area contributed by atoms with Crippen molar-refractivity contribution >= 4 is 11.8 Å². The SMILES string of the molecule is COc1ccc(CNc2nccc(N(Cc3ccccc3)C(C)C)n2)cc1. The number of rotatable bonds is 8. The number of aromatic nitrogens is 2. The molecule has 0 aliphatic rings. The van der Waals surface area contributed by atoms with E-state index in [2.05, 4.69) is 53.3 Å². The quantitative estimate of drug-likeness (QED) is 0.639. The van der Waals surface area contributed by atoms with Gasteiger partial charge in [-0.2, -0.15) is 4.98 Å². The fraction of sp³-hybridized carbons (Fsp3) is 0.273. The molecule has 140 valence electrons. The van der Waals surface area contributed by atoms with Crippen LogP contribution in [-0.2, 0) is 13.1 Å². The summed E-state index contributed by atoms with van der Waals surface area (Å²) in [6, 6.07) is 20.7. The molecule has 0 amide bonds. The molecule has 0 aliphatic heterocycles. The smallest absolute Gasteiger partial charge is 0.224 e. The molecule has 0 saturated heterocycles. The van der Waals surface area contributed by atoms with Crippen molar-refractivity contribution in [3.63, 3.8) is 0 Å². The average molecular weight is 362 g/mol. The number of hydrogen-bond donors (Lipinski definition) is 1. The lowest BCUT2D eigenvalue weighted by Crippen LogP contribution is -2.31. The Morgan fingerprint density at radius 2 is 1.70 bits per heavy atom. The van der Waals surface area contributed by atoms with Crippen molar-refractivity contribution < 1.29 is 4.74 Å². The summed E-state index contributed by atoms with van der Waals surface area (Å²) < 4.78 is 5.19. The summed E-state index contributed by atoms with van der Waals surface area (Å²) in [5.74, 6) is 2.40. The summed E-state index contributed by atoms with van der Waals surface area (Å²) in [6.07, 6.45) is 1.80. The van der Waals surface area contributed by atoms with Gasteiger partial charge < -0.3 is 15.0 Å². The zero-order chi connectivity index (χ0) is 19.1. The first-order valence-electron chi connectivity index (χ1n) is 9.16. The van der Waals surface area contributed by atoms with Crippen LogP contribution >= 0.6 is 0 Å². The highest BCUT2D eigenvalue weighted by Crippen LogP contribution is 2.19. The molecule has 1 heterocycles. The van der Waals surface area contributed by atoms with Crippen LogP contribution < -0.4 is 15.0 Å². The monoisotopic (exact) mass is 362 g/mol. The maximum Gasteiger partial charge on any atom is 0.224 e. The van der Waals surface area contributed by atoms with E-state index in [4.69, 9.17) is 9.72 Å². The number of benzene rings is 2. The molecule has 1 N–H and O–H groups in total. The number of ether oxygens (including phenoxy) is 1. The summed E-state index contributed by atoms with van der Waals surface area (Å²) >= 11 is 0. The summed E-state index contributed by atoms with van der Waals surface area (Å²) in [7, 11) is 1.67. The van der Waals surface area contributed by atoms with Crippen molar-refractivity contribution in [3.05, 3.63) is 78.0 Å². The number of anilines is 2. The van der Waals surface area contributed by atoms with Crippen molar-refractivity contribution in [2.45, 2.75) is 33.0 Å². The topological polar surface area (TPSA) is 50.3 Å². The molecule has 0 radical (unpaired) electrons. The van der Waals surface area contributed by atoms with E-state index in [0.717, 1.165) is 23.7 Å². The normalized spacial score (nSPS) is 10.7. The summed E-state index contributed by atoms with van der Waals surface area (Å²) in [5, 5.41) is 3.31. The van der Waals surface area contributed by atoms with E-state index in [1.165, 1.54) is 5.56 Å². The molecule has 0 spiro atoms. The van der Waals surface area contributed by atoms with E-state index < -0.39 is 0 Å². The Morgan fingerprint density at radius 3 is 2.37 bits per heavy atom. The van der Waals surface area contributed by atoms with Gasteiger partial charge in [0.25, 0.3) is 0 Å². The fourth-order valence-electron chi connectivity index (χ4n) is 2.83. The third-order valence-electron chi connectivity index (χ3n) is 4.36. The van der Waals surface area contributed by atoms with Crippen LogP contribution in [0.3, 0.4) is 0 Å². The largest absolute Gasteiger partial charge is 0.497 e. The van der Waals surface area contributed by atoms with E-state index in [0.29, 0.717) is 18.5 Å². The molecule has 0 unspecified atom stereocenters. The molecular weight excluding hydrogens is 336 g/mol. The Labute approximate surface area is 161 Å². The van der Waals surface area contributed by atoms with Gasteiger partial charge in [0, 0.05) is 25.3 Å². The number of hydrogen-bond acceptors (Lipinski definition) is 5. The molecule has 3 rings (SSSR count). The molecule has 0 saturated carbocycles. The Bertz CT molecular complexity index is 834. The second-order valence-electron chi connectivity index (χ2n) is 6.65. The lowest BCUT2D eigenvalue weighted by Gasteiger charge is -2.28. The van der Waals surface area contributed by atoms with Gasteiger partial charge in [-0.05, 0) is 43.2 Å². The molecule has 3 aromatic rings. The molecule has 0 fully saturated rings. The lowest BCUT2D eigenvalue weighted by atomic mass is 10.2. The Hall–Kier alpha value is -3.08. The molecule has 2 aromatic carbocycles. The molecule has 0 atom stereocenters. The van der Waals surface area contributed by atoms with Crippen LogP contribution in [0.4, 0.5) is 11.8 Å². The van der Waals surface area contributed by atoms with Gasteiger partial charge in [-0.3, -0.25) is 0 Å². The lowest BCUT2D eigenvalue weighted by molar-refractivity contribution is 0.414. The maximum atomic E-state index is 5.19. The maximum absolute atomic E-state index is 5.19. The highest BCUT2D eigenvalue weighted by atomic mass is 16.5. The summed E-state index contributed by atoms with van der Waals surface area (Å²) in [6.45, 7) is 5.83. The fourth-order valence-corrected chi connectivity index (χ4v) is 2.83. The van der Waals surface area contributed by atoms with Crippen LogP contribution in [0.2, 0.25) is 0 Å². The minimum atomic E-state index is 0.328. The molecule has 0 aliphatic carbocycles. The Kier molecular flexibility index (Phi) is 6.26. The standard InChI is InChI=1S/C22H26N4O/c1-17(2)26(16-19-7-5-4-6-8-19)21-13-14-23-22(25-21)24-15-18-9-11-20(27-3)12-10-18/h4-14,17H,15-16H2,1-3H3,(H,23,24,25). The van der Waals surface area contributed by atoms with Crippen LogP contribution in [-0.4, -0.2) is 23.1 Å². The second-order valence-corrected chi connectivity index (χ2v) is 6.65.